The van der Waals surface area contributed by atoms with E-state index < -0.39 is 0 Å². The van der Waals surface area contributed by atoms with Crippen molar-refractivity contribution in [3.05, 3.63) is 63.1 Å². The molecule has 0 aliphatic rings. The Hall–Kier alpha value is -1.53. The second-order valence-electron chi connectivity index (χ2n) is 4.78. The molecule has 1 heterocycles. The molecule has 122 valence electrons. The Morgan fingerprint density at radius 2 is 1.88 bits per heavy atom. The highest BCUT2D eigenvalue weighted by molar-refractivity contribution is 7.99. The molecule has 0 atom stereocenters. The number of H-pyrrole nitrogens is 1. The molecule has 0 radical (unpaired) electrons. The predicted molar refractivity (Wildman–Crippen MR) is 98.3 cm³/mol. The Labute approximate surface area is 157 Å². The number of nitrogens with zero attached hydrogens (tertiary/aromatic N) is 2. The standard InChI is InChI=1S/C16H10Cl3N3OS/c17-9-5-6-10(13(19)7-9)14(23)8-24-16-20-15(21-22-16)11-3-1-2-4-12(11)18/h1-7H,8H2,(H,20,21,22). The number of benzene rings is 2. The van der Waals surface area contributed by atoms with Crippen molar-refractivity contribution in [1.82, 2.24) is 15.2 Å². The average Bonchev–Trinajstić information content (AvgIpc) is 3.02. The van der Waals surface area contributed by atoms with E-state index in [9.17, 15) is 4.79 Å². The third kappa shape index (κ3) is 3.92. The van der Waals surface area contributed by atoms with Crippen molar-refractivity contribution in [3.8, 4) is 11.4 Å². The molecular weight excluding hydrogens is 389 g/mol. The van der Waals surface area contributed by atoms with Crippen LogP contribution in [0.15, 0.2) is 47.6 Å². The van der Waals surface area contributed by atoms with Gasteiger partial charge in [-0.2, -0.15) is 0 Å². The topological polar surface area (TPSA) is 58.6 Å². The van der Waals surface area contributed by atoms with Crippen LogP contribution >= 0.6 is 46.6 Å². The van der Waals surface area contributed by atoms with Gasteiger partial charge in [0.15, 0.2) is 11.6 Å². The Kier molecular flexibility index (Phi) is 5.46. The van der Waals surface area contributed by atoms with Gasteiger partial charge in [0.2, 0.25) is 5.16 Å². The number of carbonyl (C=O) groups excluding carboxylic acids is 1. The molecule has 3 aromatic rings. The van der Waals surface area contributed by atoms with Crippen LogP contribution in [-0.2, 0) is 0 Å². The van der Waals surface area contributed by atoms with Gasteiger partial charge in [0.1, 0.15) is 0 Å². The van der Waals surface area contributed by atoms with Crippen molar-refractivity contribution < 1.29 is 4.79 Å². The minimum Gasteiger partial charge on any atom is -0.293 e. The zero-order valence-electron chi connectivity index (χ0n) is 12.1. The Bertz CT molecular complexity index is 898. The molecule has 0 saturated carbocycles. The molecule has 0 saturated heterocycles. The first-order valence-electron chi connectivity index (χ1n) is 6.83. The molecule has 24 heavy (non-hydrogen) atoms. The highest BCUT2D eigenvalue weighted by atomic mass is 35.5. The highest BCUT2D eigenvalue weighted by Gasteiger charge is 2.14. The summed E-state index contributed by atoms with van der Waals surface area (Å²) in [5.41, 5.74) is 1.18. The van der Waals surface area contributed by atoms with Gasteiger partial charge in [-0.15, -0.1) is 5.10 Å². The third-order valence-corrected chi connectivity index (χ3v) is 4.88. The molecule has 1 N–H and O–H groups in total. The van der Waals surface area contributed by atoms with Crippen LogP contribution in [0.3, 0.4) is 0 Å². The number of Topliss-reactive ketones (excluding diaryl/α,β-unsaturated/α-hetero) is 1. The first-order valence-corrected chi connectivity index (χ1v) is 8.95. The molecule has 0 unspecified atom stereocenters. The van der Waals surface area contributed by atoms with Crippen LogP contribution < -0.4 is 0 Å². The fourth-order valence-electron chi connectivity index (χ4n) is 2.01. The number of aromatic amines is 1. The van der Waals surface area contributed by atoms with Gasteiger partial charge in [-0.25, -0.2) is 4.98 Å². The molecule has 3 rings (SSSR count). The molecule has 0 aliphatic heterocycles. The van der Waals surface area contributed by atoms with Gasteiger partial charge in [-0.3, -0.25) is 9.89 Å². The number of nitrogens with one attached hydrogen (secondary N) is 1. The lowest BCUT2D eigenvalue weighted by atomic mass is 10.1. The van der Waals surface area contributed by atoms with Crippen molar-refractivity contribution in [2.45, 2.75) is 5.16 Å². The summed E-state index contributed by atoms with van der Waals surface area (Å²) in [6.45, 7) is 0. The lowest BCUT2D eigenvalue weighted by molar-refractivity contribution is 0.102. The van der Waals surface area contributed by atoms with E-state index in [2.05, 4.69) is 15.2 Å². The van der Waals surface area contributed by atoms with Crippen LogP contribution in [0.5, 0.6) is 0 Å². The van der Waals surface area contributed by atoms with E-state index >= 15 is 0 Å². The van der Waals surface area contributed by atoms with E-state index in [1.807, 2.05) is 18.2 Å². The van der Waals surface area contributed by atoms with Gasteiger partial charge in [0.25, 0.3) is 0 Å². The number of hydrogen-bond acceptors (Lipinski definition) is 4. The smallest absolute Gasteiger partial charge is 0.209 e. The predicted octanol–water partition coefficient (Wildman–Crippen LogP) is 5.41. The number of thioether (sulfide) groups is 1. The van der Waals surface area contributed by atoms with Crippen LogP contribution in [0, 0.1) is 0 Å². The summed E-state index contributed by atoms with van der Waals surface area (Å²) in [7, 11) is 0. The van der Waals surface area contributed by atoms with Gasteiger partial charge in [0.05, 0.1) is 15.8 Å². The molecule has 0 fully saturated rings. The SMILES string of the molecule is O=C(CSc1n[nH]c(-c2ccccc2Cl)n1)c1ccc(Cl)cc1Cl. The van der Waals surface area contributed by atoms with Crippen LogP contribution in [0.4, 0.5) is 0 Å². The summed E-state index contributed by atoms with van der Waals surface area (Å²) in [5.74, 6) is 0.604. The molecule has 2 aromatic carbocycles. The minimum absolute atomic E-state index is 0.120. The molecule has 1 aromatic heterocycles. The lowest BCUT2D eigenvalue weighted by Crippen LogP contribution is -2.03. The zero-order chi connectivity index (χ0) is 17.1. The minimum atomic E-state index is -0.120. The van der Waals surface area contributed by atoms with Crippen molar-refractivity contribution in [3.63, 3.8) is 0 Å². The summed E-state index contributed by atoms with van der Waals surface area (Å²) < 4.78 is 0. The maximum atomic E-state index is 12.2. The van der Waals surface area contributed by atoms with E-state index in [1.165, 1.54) is 11.8 Å². The Balaban J connectivity index is 1.69. The summed E-state index contributed by atoms with van der Waals surface area (Å²) in [4.78, 5) is 16.6. The third-order valence-electron chi connectivity index (χ3n) is 3.16. The van der Waals surface area contributed by atoms with Crippen LogP contribution in [0.2, 0.25) is 15.1 Å². The zero-order valence-corrected chi connectivity index (χ0v) is 15.2. The molecule has 8 heteroatoms. The van der Waals surface area contributed by atoms with Crippen molar-refractivity contribution >= 4 is 52.3 Å². The first-order chi connectivity index (χ1) is 11.5. The fourth-order valence-corrected chi connectivity index (χ4v) is 3.43. The van der Waals surface area contributed by atoms with E-state index in [-0.39, 0.29) is 11.5 Å². The lowest BCUT2D eigenvalue weighted by Gasteiger charge is -2.02. The summed E-state index contributed by atoms with van der Waals surface area (Å²) in [6.07, 6.45) is 0. The average molecular weight is 399 g/mol. The molecule has 0 aliphatic carbocycles. The van der Waals surface area contributed by atoms with Crippen LogP contribution in [0.25, 0.3) is 11.4 Å². The second kappa shape index (κ2) is 7.57. The van der Waals surface area contributed by atoms with Crippen molar-refractivity contribution in [2.24, 2.45) is 0 Å². The summed E-state index contributed by atoms with van der Waals surface area (Å²) in [6, 6.07) is 12.1. The number of hydrogen-bond donors (Lipinski definition) is 1. The largest absolute Gasteiger partial charge is 0.293 e. The van der Waals surface area contributed by atoms with Crippen molar-refractivity contribution in [1.29, 1.82) is 0 Å². The highest BCUT2D eigenvalue weighted by Crippen LogP contribution is 2.27. The number of ketones is 1. The molecule has 0 spiro atoms. The van der Waals surface area contributed by atoms with Gasteiger partial charge >= 0.3 is 0 Å². The Morgan fingerprint density at radius 1 is 1.08 bits per heavy atom. The van der Waals surface area contributed by atoms with Crippen LogP contribution in [-0.4, -0.2) is 26.7 Å². The fraction of sp³-hybridized carbons (Fsp3) is 0.0625. The van der Waals surface area contributed by atoms with Gasteiger partial charge in [0, 0.05) is 16.1 Å². The van der Waals surface area contributed by atoms with Gasteiger partial charge in [-0.1, -0.05) is 58.7 Å². The molecule has 4 nitrogen and oxygen atoms in total. The monoisotopic (exact) mass is 397 g/mol. The molecular formula is C16H10Cl3N3OS. The van der Waals surface area contributed by atoms with Crippen LogP contribution in [0.1, 0.15) is 10.4 Å². The second-order valence-corrected chi connectivity index (χ2v) is 6.98. The van der Waals surface area contributed by atoms with E-state index in [0.29, 0.717) is 31.6 Å². The first kappa shape index (κ1) is 17.3. The normalized spacial score (nSPS) is 10.8. The van der Waals surface area contributed by atoms with E-state index in [1.54, 1.807) is 24.3 Å². The quantitative estimate of drug-likeness (QED) is 0.461. The molecule has 0 amide bonds. The summed E-state index contributed by atoms with van der Waals surface area (Å²) >= 11 is 19.2. The number of aromatic nitrogens is 3. The maximum absolute atomic E-state index is 12.2. The number of carbonyl (C=O) groups is 1. The molecule has 0 bridgehead atoms. The van der Waals surface area contributed by atoms with Crippen molar-refractivity contribution in [2.75, 3.05) is 5.75 Å². The maximum Gasteiger partial charge on any atom is 0.209 e. The van der Waals surface area contributed by atoms with E-state index in [0.717, 1.165) is 5.56 Å². The number of rotatable bonds is 5. The number of halogens is 3. The van der Waals surface area contributed by atoms with Gasteiger partial charge in [-0.05, 0) is 30.3 Å². The Morgan fingerprint density at radius 3 is 2.62 bits per heavy atom. The van der Waals surface area contributed by atoms with E-state index in [4.69, 9.17) is 34.8 Å². The van der Waals surface area contributed by atoms with Gasteiger partial charge < -0.3 is 0 Å². The summed E-state index contributed by atoms with van der Waals surface area (Å²) in [5, 5.41) is 8.78.